The van der Waals surface area contributed by atoms with Gasteiger partial charge in [0.25, 0.3) is 5.91 Å². The van der Waals surface area contributed by atoms with E-state index < -0.39 is 5.97 Å². The van der Waals surface area contributed by atoms with Crippen molar-refractivity contribution in [3.8, 4) is 0 Å². The van der Waals surface area contributed by atoms with Crippen molar-refractivity contribution in [3.63, 3.8) is 0 Å². The van der Waals surface area contributed by atoms with Crippen LogP contribution in [0.5, 0.6) is 0 Å². The molecular formula is C14H18ClNO3. The molecule has 104 valence electrons. The maximum atomic E-state index is 12.4. The van der Waals surface area contributed by atoms with Crippen LogP contribution in [0.2, 0.25) is 5.02 Å². The van der Waals surface area contributed by atoms with Gasteiger partial charge in [0.15, 0.2) is 0 Å². The Morgan fingerprint density at radius 3 is 2.63 bits per heavy atom. The van der Waals surface area contributed by atoms with Crippen molar-refractivity contribution in [2.45, 2.75) is 20.3 Å². The fraction of sp³-hybridized carbons (Fsp3) is 0.429. The molecule has 0 aliphatic rings. The lowest BCUT2D eigenvalue weighted by Crippen LogP contribution is -2.37. The summed E-state index contributed by atoms with van der Waals surface area (Å²) in [6.45, 7) is 4.20. The predicted molar refractivity (Wildman–Crippen MR) is 74.4 cm³/mol. The standard InChI is InChI=1S/C14H18ClNO3/c1-4-8-16(9-12(17)19-3)14(18)11-7-5-6-10(2)13(11)15/h5-7H,4,8-9H2,1-3H3. The summed E-state index contributed by atoms with van der Waals surface area (Å²) >= 11 is 6.14. The van der Waals surface area contributed by atoms with Gasteiger partial charge in [0.05, 0.1) is 17.7 Å². The Morgan fingerprint density at radius 2 is 2.05 bits per heavy atom. The lowest BCUT2D eigenvalue weighted by molar-refractivity contribution is -0.141. The van der Waals surface area contributed by atoms with E-state index >= 15 is 0 Å². The topological polar surface area (TPSA) is 46.6 Å². The number of rotatable bonds is 5. The highest BCUT2D eigenvalue weighted by molar-refractivity contribution is 6.34. The van der Waals surface area contributed by atoms with Crippen LogP contribution in [-0.4, -0.2) is 37.0 Å². The summed E-state index contributed by atoms with van der Waals surface area (Å²) < 4.78 is 4.60. The number of nitrogens with zero attached hydrogens (tertiary/aromatic N) is 1. The van der Waals surface area contributed by atoms with Crippen LogP contribution in [0.3, 0.4) is 0 Å². The summed E-state index contributed by atoms with van der Waals surface area (Å²) in [5.41, 5.74) is 1.25. The number of benzene rings is 1. The van der Waals surface area contributed by atoms with Crippen molar-refractivity contribution < 1.29 is 14.3 Å². The van der Waals surface area contributed by atoms with E-state index in [1.165, 1.54) is 12.0 Å². The van der Waals surface area contributed by atoms with Gasteiger partial charge in [0.2, 0.25) is 0 Å². The Hall–Kier alpha value is -1.55. The van der Waals surface area contributed by atoms with E-state index in [0.29, 0.717) is 17.1 Å². The van der Waals surface area contributed by atoms with Gasteiger partial charge in [-0.2, -0.15) is 0 Å². The van der Waals surface area contributed by atoms with E-state index in [1.807, 2.05) is 19.9 Å². The first-order chi connectivity index (χ1) is 9.01. The maximum absolute atomic E-state index is 12.4. The third-order valence-corrected chi connectivity index (χ3v) is 3.25. The first kappa shape index (κ1) is 15.5. The molecule has 0 aliphatic heterocycles. The molecule has 1 rings (SSSR count). The molecule has 0 bridgehead atoms. The molecule has 0 aromatic heterocycles. The molecular weight excluding hydrogens is 266 g/mol. The van der Waals surface area contributed by atoms with Crippen LogP contribution in [-0.2, 0) is 9.53 Å². The minimum atomic E-state index is -0.439. The van der Waals surface area contributed by atoms with Crippen molar-refractivity contribution in [3.05, 3.63) is 34.3 Å². The average molecular weight is 284 g/mol. The number of ether oxygens (including phenoxy) is 1. The zero-order valence-electron chi connectivity index (χ0n) is 11.4. The second-order valence-electron chi connectivity index (χ2n) is 4.24. The first-order valence-electron chi connectivity index (χ1n) is 6.12. The van der Waals surface area contributed by atoms with E-state index in [2.05, 4.69) is 4.74 Å². The van der Waals surface area contributed by atoms with E-state index in [-0.39, 0.29) is 12.5 Å². The fourth-order valence-corrected chi connectivity index (χ4v) is 1.93. The van der Waals surface area contributed by atoms with Crippen molar-refractivity contribution >= 4 is 23.5 Å². The third kappa shape index (κ3) is 3.96. The second kappa shape index (κ2) is 7.14. The Labute approximate surface area is 118 Å². The Balaban J connectivity index is 2.98. The zero-order chi connectivity index (χ0) is 14.4. The van der Waals surface area contributed by atoms with Gasteiger partial charge in [-0.25, -0.2) is 0 Å². The molecule has 0 saturated carbocycles. The van der Waals surface area contributed by atoms with Crippen LogP contribution in [0.15, 0.2) is 18.2 Å². The van der Waals surface area contributed by atoms with Crippen molar-refractivity contribution in [1.82, 2.24) is 4.90 Å². The monoisotopic (exact) mass is 283 g/mol. The summed E-state index contributed by atoms with van der Waals surface area (Å²) in [7, 11) is 1.30. The highest BCUT2D eigenvalue weighted by Crippen LogP contribution is 2.21. The number of amides is 1. The molecule has 0 atom stereocenters. The number of esters is 1. The molecule has 5 heteroatoms. The van der Waals surface area contributed by atoms with E-state index in [4.69, 9.17) is 11.6 Å². The molecule has 1 amide bonds. The summed E-state index contributed by atoms with van der Waals surface area (Å²) in [6.07, 6.45) is 0.756. The number of carbonyl (C=O) groups is 2. The summed E-state index contributed by atoms with van der Waals surface area (Å²) in [5.74, 6) is -0.688. The quantitative estimate of drug-likeness (QED) is 0.781. The van der Waals surface area contributed by atoms with Crippen LogP contribution in [0.25, 0.3) is 0 Å². The maximum Gasteiger partial charge on any atom is 0.325 e. The van der Waals surface area contributed by atoms with Crippen LogP contribution >= 0.6 is 11.6 Å². The first-order valence-corrected chi connectivity index (χ1v) is 6.50. The predicted octanol–water partition coefficient (Wildman–Crippen LogP) is 2.67. The minimum Gasteiger partial charge on any atom is -0.468 e. The number of methoxy groups -OCH3 is 1. The average Bonchev–Trinajstić information content (AvgIpc) is 2.40. The number of hydrogen-bond acceptors (Lipinski definition) is 3. The third-order valence-electron chi connectivity index (χ3n) is 2.75. The Morgan fingerprint density at radius 1 is 1.37 bits per heavy atom. The largest absolute Gasteiger partial charge is 0.468 e. The Kier molecular flexibility index (Phi) is 5.83. The van der Waals surface area contributed by atoms with Crippen LogP contribution in [0, 0.1) is 6.92 Å². The van der Waals surface area contributed by atoms with Crippen molar-refractivity contribution in [1.29, 1.82) is 0 Å². The minimum absolute atomic E-state index is 0.0621. The van der Waals surface area contributed by atoms with E-state index in [9.17, 15) is 9.59 Å². The van der Waals surface area contributed by atoms with Gasteiger partial charge < -0.3 is 9.64 Å². The molecule has 19 heavy (non-hydrogen) atoms. The molecule has 1 aromatic carbocycles. The SMILES string of the molecule is CCCN(CC(=O)OC)C(=O)c1cccc(C)c1Cl. The zero-order valence-corrected chi connectivity index (χ0v) is 12.2. The van der Waals surface area contributed by atoms with Crippen LogP contribution in [0.1, 0.15) is 29.3 Å². The normalized spacial score (nSPS) is 10.1. The molecule has 0 radical (unpaired) electrons. The van der Waals surface area contributed by atoms with Crippen molar-refractivity contribution in [2.75, 3.05) is 20.2 Å². The molecule has 4 nitrogen and oxygen atoms in total. The van der Waals surface area contributed by atoms with Crippen molar-refractivity contribution in [2.24, 2.45) is 0 Å². The fourth-order valence-electron chi connectivity index (χ4n) is 1.73. The molecule has 0 N–H and O–H groups in total. The van der Waals surface area contributed by atoms with Crippen LogP contribution < -0.4 is 0 Å². The molecule has 0 aliphatic carbocycles. The van der Waals surface area contributed by atoms with Gasteiger partial charge in [-0.05, 0) is 25.0 Å². The van der Waals surface area contributed by atoms with Gasteiger partial charge in [0, 0.05) is 6.54 Å². The lowest BCUT2D eigenvalue weighted by Gasteiger charge is -2.21. The van der Waals surface area contributed by atoms with Gasteiger partial charge in [-0.15, -0.1) is 0 Å². The molecule has 0 fully saturated rings. The highest BCUT2D eigenvalue weighted by atomic mass is 35.5. The number of halogens is 1. The van der Waals surface area contributed by atoms with E-state index in [1.54, 1.807) is 12.1 Å². The summed E-state index contributed by atoms with van der Waals surface area (Å²) in [6, 6.07) is 5.28. The molecule has 1 aromatic rings. The second-order valence-corrected chi connectivity index (χ2v) is 4.62. The molecule has 0 spiro atoms. The highest BCUT2D eigenvalue weighted by Gasteiger charge is 2.21. The van der Waals surface area contributed by atoms with Gasteiger partial charge in [0.1, 0.15) is 6.54 Å². The number of carbonyl (C=O) groups excluding carboxylic acids is 2. The summed E-state index contributed by atoms with van der Waals surface area (Å²) in [5, 5.41) is 0.429. The Bertz CT molecular complexity index is 474. The lowest BCUT2D eigenvalue weighted by atomic mass is 10.1. The molecule has 0 saturated heterocycles. The van der Waals surface area contributed by atoms with Gasteiger partial charge in [-0.1, -0.05) is 30.7 Å². The number of aryl methyl sites for hydroxylation is 1. The summed E-state index contributed by atoms with van der Waals surface area (Å²) in [4.78, 5) is 25.2. The van der Waals surface area contributed by atoms with Gasteiger partial charge >= 0.3 is 5.97 Å². The van der Waals surface area contributed by atoms with E-state index in [0.717, 1.165) is 12.0 Å². The van der Waals surface area contributed by atoms with Crippen LogP contribution in [0.4, 0.5) is 0 Å². The van der Waals surface area contributed by atoms with Gasteiger partial charge in [-0.3, -0.25) is 9.59 Å². The number of hydrogen-bond donors (Lipinski definition) is 0. The molecule has 0 heterocycles. The smallest absolute Gasteiger partial charge is 0.325 e. The molecule has 0 unspecified atom stereocenters.